The molecule has 0 unspecified atom stereocenters. The molecule has 0 spiro atoms. The maximum atomic E-state index is 12.0. The highest BCUT2D eigenvalue weighted by Crippen LogP contribution is 2.32. The van der Waals surface area contributed by atoms with Gasteiger partial charge in [0.25, 0.3) is 10.0 Å². The number of hydrogen-bond acceptors (Lipinski definition) is 4. The number of aryl methyl sites for hydroxylation is 1. The van der Waals surface area contributed by atoms with Crippen LogP contribution in [0.5, 0.6) is 5.75 Å². The number of phenols is 1. The van der Waals surface area contributed by atoms with Gasteiger partial charge in [0.05, 0.1) is 16.5 Å². The number of aromatic nitrogens is 2. The van der Waals surface area contributed by atoms with E-state index in [1.165, 1.54) is 23.2 Å². The Balaban J connectivity index is 2.37. The first-order valence-corrected chi connectivity index (χ1v) is 7.16. The molecule has 0 bridgehead atoms. The summed E-state index contributed by atoms with van der Waals surface area (Å²) >= 11 is 3.11. The lowest BCUT2D eigenvalue weighted by molar-refractivity contribution is 0.474. The number of imidazole rings is 1. The summed E-state index contributed by atoms with van der Waals surface area (Å²) in [6, 6.07) is 4.68. The van der Waals surface area contributed by atoms with Gasteiger partial charge in [0.1, 0.15) is 0 Å². The minimum absolute atomic E-state index is 0.0926. The van der Waals surface area contributed by atoms with Crippen LogP contribution in [0.3, 0.4) is 0 Å². The predicted octanol–water partition coefficient (Wildman–Crippen LogP) is 1.69. The SMILES string of the molecule is Cn1cnc(S(=O)(=O)Nc2cccc(Br)c2O)c1. The van der Waals surface area contributed by atoms with Gasteiger partial charge in [-0.3, -0.25) is 4.72 Å². The number of rotatable bonds is 3. The third-order valence-electron chi connectivity index (χ3n) is 2.19. The summed E-state index contributed by atoms with van der Waals surface area (Å²) in [5, 5.41) is 9.61. The fourth-order valence-corrected chi connectivity index (χ4v) is 2.74. The quantitative estimate of drug-likeness (QED) is 0.838. The highest BCUT2D eigenvalue weighted by Gasteiger charge is 2.19. The minimum atomic E-state index is -3.79. The third-order valence-corrected chi connectivity index (χ3v) is 4.08. The van der Waals surface area contributed by atoms with Crippen LogP contribution in [0.15, 0.2) is 40.2 Å². The number of nitrogens with one attached hydrogen (secondary N) is 1. The summed E-state index contributed by atoms with van der Waals surface area (Å²) in [6.45, 7) is 0. The number of benzene rings is 1. The Morgan fingerprint density at radius 3 is 2.78 bits per heavy atom. The largest absolute Gasteiger partial charge is 0.505 e. The van der Waals surface area contributed by atoms with Gasteiger partial charge in [-0.25, -0.2) is 4.98 Å². The molecule has 0 saturated carbocycles. The summed E-state index contributed by atoms with van der Waals surface area (Å²) in [5.74, 6) is -0.169. The van der Waals surface area contributed by atoms with E-state index >= 15 is 0 Å². The summed E-state index contributed by atoms with van der Waals surface area (Å²) in [5.41, 5.74) is 0.0926. The standard InChI is InChI=1S/C10H10BrN3O3S/c1-14-5-9(12-6-14)18(16,17)13-8-4-2-3-7(11)10(8)15/h2-6,13,15H,1H3. The maximum Gasteiger partial charge on any atom is 0.281 e. The Labute approximate surface area is 112 Å². The molecular formula is C10H10BrN3O3S. The van der Waals surface area contributed by atoms with Gasteiger partial charge < -0.3 is 9.67 Å². The van der Waals surface area contributed by atoms with Crippen molar-refractivity contribution in [3.63, 3.8) is 0 Å². The van der Waals surface area contributed by atoms with E-state index in [2.05, 4.69) is 25.6 Å². The zero-order valence-corrected chi connectivity index (χ0v) is 11.7. The van der Waals surface area contributed by atoms with Gasteiger partial charge in [-0.15, -0.1) is 0 Å². The molecule has 1 heterocycles. The van der Waals surface area contributed by atoms with Crippen LogP contribution in [-0.4, -0.2) is 23.1 Å². The van der Waals surface area contributed by atoms with Crippen LogP contribution in [0.2, 0.25) is 0 Å². The van der Waals surface area contributed by atoms with Crippen LogP contribution >= 0.6 is 15.9 Å². The van der Waals surface area contributed by atoms with Crippen molar-refractivity contribution in [1.29, 1.82) is 0 Å². The monoisotopic (exact) mass is 331 g/mol. The van der Waals surface area contributed by atoms with E-state index in [0.29, 0.717) is 4.47 Å². The van der Waals surface area contributed by atoms with Crippen molar-refractivity contribution < 1.29 is 13.5 Å². The van der Waals surface area contributed by atoms with Gasteiger partial charge in [-0.05, 0) is 28.1 Å². The Hall–Kier alpha value is -1.54. The van der Waals surface area contributed by atoms with Gasteiger partial charge >= 0.3 is 0 Å². The second-order valence-corrected chi connectivity index (χ2v) is 6.10. The van der Waals surface area contributed by atoms with E-state index in [-0.39, 0.29) is 16.5 Å². The zero-order valence-electron chi connectivity index (χ0n) is 9.33. The second-order valence-electron chi connectivity index (χ2n) is 3.62. The van der Waals surface area contributed by atoms with Crippen LogP contribution in [0.1, 0.15) is 0 Å². The molecule has 6 nitrogen and oxygen atoms in total. The number of anilines is 1. The van der Waals surface area contributed by atoms with E-state index in [4.69, 9.17) is 0 Å². The first-order chi connectivity index (χ1) is 8.40. The van der Waals surface area contributed by atoms with Crippen molar-refractivity contribution in [3.05, 3.63) is 35.2 Å². The Morgan fingerprint density at radius 2 is 2.17 bits per heavy atom. The summed E-state index contributed by atoms with van der Waals surface area (Å²) < 4.78 is 28.1. The number of sulfonamides is 1. The minimum Gasteiger partial charge on any atom is -0.505 e. The van der Waals surface area contributed by atoms with Gasteiger partial charge in [0.2, 0.25) is 0 Å². The van der Waals surface area contributed by atoms with Crippen molar-refractivity contribution in [2.75, 3.05) is 4.72 Å². The van der Waals surface area contributed by atoms with E-state index in [9.17, 15) is 13.5 Å². The maximum absolute atomic E-state index is 12.0. The summed E-state index contributed by atoms with van der Waals surface area (Å²) in [7, 11) is -2.13. The lowest BCUT2D eigenvalue weighted by atomic mass is 10.3. The lowest BCUT2D eigenvalue weighted by Gasteiger charge is -2.08. The fraction of sp³-hybridized carbons (Fsp3) is 0.100. The summed E-state index contributed by atoms with van der Waals surface area (Å²) in [4.78, 5) is 3.75. The van der Waals surface area contributed by atoms with Crippen LogP contribution in [0.4, 0.5) is 5.69 Å². The van der Waals surface area contributed by atoms with Crippen LogP contribution in [0.25, 0.3) is 0 Å². The second kappa shape index (κ2) is 4.62. The fourth-order valence-electron chi connectivity index (χ4n) is 1.32. The normalized spacial score (nSPS) is 11.4. The number of hydrogen-bond donors (Lipinski definition) is 2. The molecule has 8 heteroatoms. The van der Waals surface area contributed by atoms with Crippen molar-refractivity contribution in [1.82, 2.24) is 9.55 Å². The number of halogens is 1. The van der Waals surface area contributed by atoms with Gasteiger partial charge in [0.15, 0.2) is 10.8 Å². The predicted molar refractivity (Wildman–Crippen MR) is 69.8 cm³/mol. The lowest BCUT2D eigenvalue weighted by Crippen LogP contribution is -2.13. The van der Waals surface area contributed by atoms with Gasteiger partial charge in [-0.1, -0.05) is 6.07 Å². The third kappa shape index (κ3) is 2.49. The molecule has 0 amide bonds. The molecule has 0 radical (unpaired) electrons. The van der Waals surface area contributed by atoms with Crippen molar-refractivity contribution >= 4 is 31.6 Å². The molecular weight excluding hydrogens is 322 g/mol. The Bertz CT molecular complexity index is 681. The molecule has 1 aromatic carbocycles. The number of nitrogens with zero attached hydrogens (tertiary/aromatic N) is 2. The molecule has 0 aliphatic rings. The Kier molecular flexibility index (Phi) is 3.31. The molecule has 96 valence electrons. The highest BCUT2D eigenvalue weighted by atomic mass is 79.9. The van der Waals surface area contributed by atoms with Gasteiger partial charge in [-0.2, -0.15) is 8.42 Å². The molecule has 2 rings (SSSR count). The number of aromatic hydroxyl groups is 1. The first kappa shape index (κ1) is 12.9. The van der Waals surface area contributed by atoms with E-state index < -0.39 is 10.0 Å². The molecule has 18 heavy (non-hydrogen) atoms. The molecule has 0 saturated heterocycles. The van der Waals surface area contributed by atoms with E-state index in [0.717, 1.165) is 0 Å². The molecule has 2 aromatic rings. The van der Waals surface area contributed by atoms with Crippen molar-refractivity contribution in [3.8, 4) is 5.75 Å². The number of phenolic OH excluding ortho intramolecular Hbond substituents is 1. The topological polar surface area (TPSA) is 84.2 Å². The van der Waals surface area contributed by atoms with Crippen LogP contribution in [-0.2, 0) is 17.1 Å². The molecule has 2 N–H and O–H groups in total. The molecule has 0 aliphatic heterocycles. The first-order valence-electron chi connectivity index (χ1n) is 4.88. The zero-order chi connectivity index (χ0) is 13.3. The average molecular weight is 332 g/mol. The Morgan fingerprint density at radius 1 is 1.44 bits per heavy atom. The molecule has 0 atom stereocenters. The van der Waals surface area contributed by atoms with E-state index in [1.54, 1.807) is 19.2 Å². The van der Waals surface area contributed by atoms with E-state index in [1.807, 2.05) is 0 Å². The van der Waals surface area contributed by atoms with Crippen molar-refractivity contribution in [2.24, 2.45) is 7.05 Å². The number of para-hydroxylation sites is 1. The van der Waals surface area contributed by atoms with Gasteiger partial charge in [0, 0.05) is 13.2 Å². The highest BCUT2D eigenvalue weighted by molar-refractivity contribution is 9.10. The van der Waals surface area contributed by atoms with Crippen molar-refractivity contribution in [2.45, 2.75) is 5.03 Å². The average Bonchev–Trinajstić information content (AvgIpc) is 2.72. The van der Waals surface area contributed by atoms with Crippen LogP contribution in [0, 0.1) is 0 Å². The summed E-state index contributed by atoms with van der Waals surface area (Å²) in [6.07, 6.45) is 2.76. The smallest absolute Gasteiger partial charge is 0.281 e. The molecule has 0 fully saturated rings. The molecule has 0 aliphatic carbocycles. The molecule has 1 aromatic heterocycles. The van der Waals surface area contributed by atoms with Crippen LogP contribution < -0.4 is 4.72 Å².